The van der Waals surface area contributed by atoms with Gasteiger partial charge in [0.25, 0.3) is 0 Å². The van der Waals surface area contributed by atoms with Crippen molar-refractivity contribution in [3.63, 3.8) is 0 Å². The topological polar surface area (TPSA) is 56.0 Å². The van der Waals surface area contributed by atoms with Crippen molar-refractivity contribution in [3.8, 4) is 0 Å². The molecule has 0 saturated carbocycles. The number of aromatic nitrogens is 4. The number of hydrogen-bond acceptors (Lipinski definition) is 3. The number of rotatable bonds is 3. The highest BCUT2D eigenvalue weighted by Crippen LogP contribution is 2.25. The summed E-state index contributed by atoms with van der Waals surface area (Å²) in [5.74, 6) is 0.150. The van der Waals surface area contributed by atoms with Gasteiger partial charge in [0.1, 0.15) is 6.04 Å². The standard InChI is InChI=1S/C19H23N5O/c1-14-10-21-24(11-14)16-6-5-9-22(12-16)19(25)15(2)23-13-20-17-7-3-4-8-18(17)23/h3-4,7-8,10-11,13,15-16H,5-6,9,12H2,1-2H3/t15-,16+/m1/s1. The third-order valence-corrected chi connectivity index (χ3v) is 5.07. The van der Waals surface area contributed by atoms with Crippen LogP contribution >= 0.6 is 0 Å². The number of nitrogens with zero attached hydrogens (tertiary/aromatic N) is 5. The molecule has 0 radical (unpaired) electrons. The zero-order chi connectivity index (χ0) is 17.4. The number of carbonyl (C=O) groups is 1. The minimum atomic E-state index is -0.259. The van der Waals surface area contributed by atoms with E-state index in [1.165, 1.54) is 0 Å². The van der Waals surface area contributed by atoms with Gasteiger partial charge in [0.15, 0.2) is 0 Å². The lowest BCUT2D eigenvalue weighted by molar-refractivity contribution is -0.135. The Hall–Kier alpha value is -2.63. The molecular weight excluding hydrogens is 314 g/mol. The quantitative estimate of drug-likeness (QED) is 0.738. The molecule has 2 atom stereocenters. The van der Waals surface area contributed by atoms with Crippen LogP contribution in [0.3, 0.4) is 0 Å². The molecule has 3 heterocycles. The molecule has 1 fully saturated rings. The molecule has 0 spiro atoms. The lowest BCUT2D eigenvalue weighted by atomic mass is 10.0. The number of carbonyl (C=O) groups excluding carboxylic acids is 1. The summed E-state index contributed by atoms with van der Waals surface area (Å²) in [6.07, 6.45) is 7.78. The van der Waals surface area contributed by atoms with Crippen molar-refractivity contribution < 1.29 is 4.79 Å². The Kier molecular flexibility index (Phi) is 4.03. The fourth-order valence-electron chi connectivity index (χ4n) is 3.67. The average Bonchev–Trinajstić information content (AvgIpc) is 3.27. The normalized spacial score (nSPS) is 19.3. The van der Waals surface area contributed by atoms with E-state index in [-0.39, 0.29) is 18.0 Å². The summed E-state index contributed by atoms with van der Waals surface area (Å²) in [6, 6.07) is 7.93. The van der Waals surface area contributed by atoms with Gasteiger partial charge in [-0.1, -0.05) is 12.1 Å². The lowest BCUT2D eigenvalue weighted by Crippen LogP contribution is -2.43. The summed E-state index contributed by atoms with van der Waals surface area (Å²) >= 11 is 0. The Balaban J connectivity index is 1.53. The van der Waals surface area contributed by atoms with Gasteiger partial charge in [0.2, 0.25) is 5.91 Å². The van der Waals surface area contributed by atoms with E-state index in [1.807, 2.05) is 58.5 Å². The number of benzene rings is 1. The summed E-state index contributed by atoms with van der Waals surface area (Å²) in [4.78, 5) is 19.5. The van der Waals surface area contributed by atoms with Crippen molar-refractivity contribution >= 4 is 16.9 Å². The Morgan fingerprint density at radius 3 is 2.96 bits per heavy atom. The molecule has 0 unspecified atom stereocenters. The van der Waals surface area contributed by atoms with Crippen molar-refractivity contribution in [2.45, 2.75) is 38.8 Å². The van der Waals surface area contributed by atoms with Gasteiger partial charge >= 0.3 is 0 Å². The van der Waals surface area contributed by atoms with Crippen LogP contribution in [0.15, 0.2) is 43.0 Å². The molecule has 3 aromatic rings. The average molecular weight is 337 g/mol. The van der Waals surface area contributed by atoms with Gasteiger partial charge in [0, 0.05) is 19.3 Å². The van der Waals surface area contributed by atoms with Gasteiger partial charge in [-0.3, -0.25) is 9.48 Å². The SMILES string of the molecule is Cc1cnn([C@H]2CCCN(C(=O)[C@@H](C)n3cnc4ccccc43)C2)c1. The Morgan fingerprint density at radius 1 is 1.32 bits per heavy atom. The van der Waals surface area contributed by atoms with Gasteiger partial charge in [-0.25, -0.2) is 4.98 Å². The number of hydrogen-bond donors (Lipinski definition) is 0. The van der Waals surface area contributed by atoms with E-state index in [0.717, 1.165) is 42.5 Å². The van der Waals surface area contributed by atoms with Gasteiger partial charge in [-0.2, -0.15) is 5.10 Å². The molecule has 2 aromatic heterocycles. The van der Waals surface area contributed by atoms with E-state index in [0.29, 0.717) is 0 Å². The van der Waals surface area contributed by atoms with Gasteiger partial charge in [0.05, 0.1) is 29.6 Å². The maximum atomic E-state index is 13.1. The van der Waals surface area contributed by atoms with Crippen LogP contribution in [0, 0.1) is 6.92 Å². The molecule has 4 rings (SSSR count). The summed E-state index contributed by atoms with van der Waals surface area (Å²) in [7, 11) is 0. The molecule has 6 nitrogen and oxygen atoms in total. The highest BCUT2D eigenvalue weighted by atomic mass is 16.2. The molecule has 1 aromatic carbocycles. The first-order valence-electron chi connectivity index (χ1n) is 8.84. The van der Waals surface area contributed by atoms with Crippen LogP contribution < -0.4 is 0 Å². The summed E-state index contributed by atoms with van der Waals surface area (Å²) in [6.45, 7) is 5.53. The lowest BCUT2D eigenvalue weighted by Gasteiger charge is -2.34. The second-order valence-corrected chi connectivity index (χ2v) is 6.89. The first-order valence-corrected chi connectivity index (χ1v) is 8.84. The van der Waals surface area contributed by atoms with Gasteiger partial charge in [-0.15, -0.1) is 0 Å². The summed E-state index contributed by atoms with van der Waals surface area (Å²) < 4.78 is 3.98. The predicted octanol–water partition coefficient (Wildman–Crippen LogP) is 2.97. The number of aryl methyl sites for hydroxylation is 1. The molecule has 1 amide bonds. The van der Waals surface area contributed by atoms with Crippen LogP contribution in [0.4, 0.5) is 0 Å². The van der Waals surface area contributed by atoms with Crippen LogP contribution in [-0.4, -0.2) is 43.2 Å². The number of likely N-dealkylation sites (tertiary alicyclic amines) is 1. The predicted molar refractivity (Wildman–Crippen MR) is 96.3 cm³/mol. The fourth-order valence-corrected chi connectivity index (χ4v) is 3.67. The second kappa shape index (κ2) is 6.35. The van der Waals surface area contributed by atoms with Crippen molar-refractivity contribution in [1.29, 1.82) is 0 Å². The highest BCUT2D eigenvalue weighted by molar-refractivity contribution is 5.83. The number of fused-ring (bicyclic) bond motifs is 1. The summed E-state index contributed by atoms with van der Waals surface area (Å²) in [5.41, 5.74) is 3.08. The number of para-hydroxylation sites is 2. The molecule has 6 heteroatoms. The third-order valence-electron chi connectivity index (χ3n) is 5.07. The number of imidazole rings is 1. The molecule has 1 aliphatic heterocycles. The zero-order valence-electron chi connectivity index (χ0n) is 14.7. The molecular formula is C19H23N5O. The van der Waals surface area contributed by atoms with Crippen LogP contribution in [0.5, 0.6) is 0 Å². The molecule has 130 valence electrons. The first kappa shape index (κ1) is 15.9. The van der Waals surface area contributed by atoms with Crippen molar-refractivity contribution in [2.24, 2.45) is 0 Å². The molecule has 1 aliphatic rings. The Bertz CT molecular complexity index is 896. The van der Waals surface area contributed by atoms with Gasteiger partial charge in [-0.05, 0) is 44.4 Å². The number of piperidine rings is 1. The smallest absolute Gasteiger partial charge is 0.245 e. The third kappa shape index (κ3) is 2.92. The highest BCUT2D eigenvalue weighted by Gasteiger charge is 2.29. The maximum Gasteiger partial charge on any atom is 0.245 e. The Morgan fingerprint density at radius 2 is 2.16 bits per heavy atom. The van der Waals surface area contributed by atoms with Crippen LogP contribution in [0.2, 0.25) is 0 Å². The van der Waals surface area contributed by atoms with Crippen LogP contribution in [0.25, 0.3) is 11.0 Å². The van der Waals surface area contributed by atoms with Crippen molar-refractivity contribution in [3.05, 3.63) is 48.5 Å². The minimum absolute atomic E-state index is 0.150. The van der Waals surface area contributed by atoms with Crippen molar-refractivity contribution in [1.82, 2.24) is 24.2 Å². The summed E-state index contributed by atoms with van der Waals surface area (Å²) in [5, 5.41) is 4.43. The van der Waals surface area contributed by atoms with E-state index in [2.05, 4.69) is 16.3 Å². The first-order chi connectivity index (χ1) is 12.1. The minimum Gasteiger partial charge on any atom is -0.339 e. The van der Waals surface area contributed by atoms with Gasteiger partial charge < -0.3 is 9.47 Å². The maximum absolute atomic E-state index is 13.1. The van der Waals surface area contributed by atoms with Crippen molar-refractivity contribution in [2.75, 3.05) is 13.1 Å². The monoisotopic (exact) mass is 337 g/mol. The molecule has 0 N–H and O–H groups in total. The fraction of sp³-hybridized carbons (Fsp3) is 0.421. The Labute approximate surface area is 147 Å². The van der Waals surface area contributed by atoms with E-state index in [4.69, 9.17) is 0 Å². The molecule has 25 heavy (non-hydrogen) atoms. The number of amides is 1. The second-order valence-electron chi connectivity index (χ2n) is 6.89. The zero-order valence-corrected chi connectivity index (χ0v) is 14.7. The van der Waals surface area contributed by atoms with E-state index >= 15 is 0 Å². The van der Waals surface area contributed by atoms with E-state index in [9.17, 15) is 4.79 Å². The largest absolute Gasteiger partial charge is 0.339 e. The van der Waals surface area contributed by atoms with E-state index < -0.39 is 0 Å². The van der Waals surface area contributed by atoms with Crippen LogP contribution in [0.1, 0.15) is 37.4 Å². The van der Waals surface area contributed by atoms with Crippen LogP contribution in [-0.2, 0) is 4.79 Å². The molecule has 1 saturated heterocycles. The molecule has 0 bridgehead atoms. The molecule has 0 aliphatic carbocycles. The van der Waals surface area contributed by atoms with E-state index in [1.54, 1.807) is 6.33 Å².